The fourth-order valence-electron chi connectivity index (χ4n) is 2.83. The van der Waals surface area contributed by atoms with Crippen LogP contribution in [0.25, 0.3) is 0 Å². The van der Waals surface area contributed by atoms with Crippen molar-refractivity contribution < 1.29 is 4.74 Å². The van der Waals surface area contributed by atoms with Gasteiger partial charge in [0.25, 0.3) is 0 Å². The molecule has 2 aromatic rings. The van der Waals surface area contributed by atoms with Gasteiger partial charge in [0.2, 0.25) is 0 Å². The van der Waals surface area contributed by atoms with Crippen LogP contribution in [-0.4, -0.2) is 5.60 Å². The number of hydrogen-bond donors (Lipinski definition) is 1. The number of rotatable bonds is 3. The summed E-state index contributed by atoms with van der Waals surface area (Å²) in [4.78, 5) is 0. The Balaban J connectivity index is 1.80. The molecule has 0 amide bonds. The van der Waals surface area contributed by atoms with Gasteiger partial charge in [-0.05, 0) is 72.7 Å². The number of aryl methyl sites for hydroxylation is 1. The lowest BCUT2D eigenvalue weighted by Crippen LogP contribution is -2.25. The third-order valence-corrected chi connectivity index (χ3v) is 4.50. The first-order valence-electron chi connectivity index (χ1n) is 7.24. The number of ether oxygens (including phenoxy) is 1. The minimum Gasteiger partial charge on any atom is -0.487 e. The number of benzene rings is 2. The van der Waals surface area contributed by atoms with E-state index in [1.165, 1.54) is 25.9 Å². The fourth-order valence-corrected chi connectivity index (χ4v) is 3.48. The zero-order valence-corrected chi connectivity index (χ0v) is 14.8. The van der Waals surface area contributed by atoms with Crippen LogP contribution in [0.2, 0.25) is 0 Å². The second-order valence-corrected chi connectivity index (χ2v) is 7.50. The summed E-state index contributed by atoms with van der Waals surface area (Å²) in [7, 11) is 0. The van der Waals surface area contributed by atoms with E-state index in [1.807, 2.05) is 0 Å². The van der Waals surface area contributed by atoms with Crippen molar-refractivity contribution in [1.29, 1.82) is 0 Å². The lowest BCUT2D eigenvalue weighted by molar-refractivity contribution is 0.137. The van der Waals surface area contributed by atoms with Crippen molar-refractivity contribution in [3.8, 4) is 5.75 Å². The molecule has 1 heterocycles. The Morgan fingerprint density at radius 2 is 2.05 bits per heavy atom. The standard InChI is InChI=1S/C18H20INO/c1-12-9-15(19)7-8-16(12)20-11-14-6-4-5-13-10-18(2,3)21-17(13)14/h4-9,20H,10-11H2,1-3H3. The molecule has 0 atom stereocenters. The lowest BCUT2D eigenvalue weighted by Gasteiger charge is -2.18. The van der Waals surface area contributed by atoms with Gasteiger partial charge in [-0.25, -0.2) is 0 Å². The summed E-state index contributed by atoms with van der Waals surface area (Å²) < 4.78 is 7.39. The van der Waals surface area contributed by atoms with Crippen LogP contribution in [0.5, 0.6) is 5.75 Å². The highest BCUT2D eigenvalue weighted by Crippen LogP contribution is 2.37. The highest BCUT2D eigenvalue weighted by atomic mass is 127. The van der Waals surface area contributed by atoms with Gasteiger partial charge in [0.15, 0.2) is 0 Å². The predicted molar refractivity (Wildman–Crippen MR) is 96.1 cm³/mol. The monoisotopic (exact) mass is 393 g/mol. The molecule has 110 valence electrons. The number of anilines is 1. The van der Waals surface area contributed by atoms with Crippen LogP contribution in [0.1, 0.15) is 30.5 Å². The SMILES string of the molecule is Cc1cc(I)ccc1NCc1cccc2c1OC(C)(C)C2. The molecule has 0 bridgehead atoms. The predicted octanol–water partition coefficient (Wildman–Crippen LogP) is 4.93. The first kappa shape index (κ1) is 14.7. The molecule has 1 aliphatic heterocycles. The number of nitrogens with one attached hydrogen (secondary N) is 1. The van der Waals surface area contributed by atoms with E-state index in [4.69, 9.17) is 4.74 Å². The van der Waals surface area contributed by atoms with Crippen LogP contribution in [0.3, 0.4) is 0 Å². The van der Waals surface area contributed by atoms with Crippen molar-refractivity contribution >= 4 is 28.3 Å². The molecule has 0 radical (unpaired) electrons. The van der Waals surface area contributed by atoms with Crippen LogP contribution in [0.4, 0.5) is 5.69 Å². The second kappa shape index (κ2) is 5.52. The molecule has 1 aliphatic rings. The maximum absolute atomic E-state index is 6.12. The minimum absolute atomic E-state index is 0.0861. The third kappa shape index (κ3) is 3.18. The van der Waals surface area contributed by atoms with E-state index >= 15 is 0 Å². The summed E-state index contributed by atoms with van der Waals surface area (Å²) in [5.74, 6) is 1.07. The highest BCUT2D eigenvalue weighted by Gasteiger charge is 2.31. The van der Waals surface area contributed by atoms with Gasteiger partial charge in [-0.2, -0.15) is 0 Å². The summed E-state index contributed by atoms with van der Waals surface area (Å²) in [5, 5.41) is 3.53. The smallest absolute Gasteiger partial charge is 0.128 e. The maximum atomic E-state index is 6.12. The van der Waals surface area contributed by atoms with E-state index in [2.05, 4.69) is 85.1 Å². The topological polar surface area (TPSA) is 21.3 Å². The lowest BCUT2D eigenvalue weighted by atomic mass is 10.0. The molecule has 2 nitrogen and oxygen atoms in total. The normalized spacial score (nSPS) is 15.4. The third-order valence-electron chi connectivity index (χ3n) is 3.83. The van der Waals surface area contributed by atoms with Crippen LogP contribution in [0, 0.1) is 10.5 Å². The summed E-state index contributed by atoms with van der Waals surface area (Å²) >= 11 is 2.34. The second-order valence-electron chi connectivity index (χ2n) is 6.26. The highest BCUT2D eigenvalue weighted by molar-refractivity contribution is 14.1. The molecule has 0 fully saturated rings. The molecule has 2 aromatic carbocycles. The van der Waals surface area contributed by atoms with Gasteiger partial charge >= 0.3 is 0 Å². The molecule has 21 heavy (non-hydrogen) atoms. The van der Waals surface area contributed by atoms with E-state index in [1.54, 1.807) is 0 Å². The van der Waals surface area contributed by atoms with Gasteiger partial charge in [-0.15, -0.1) is 0 Å². The van der Waals surface area contributed by atoms with Crippen LogP contribution in [-0.2, 0) is 13.0 Å². The molecule has 0 aromatic heterocycles. The maximum Gasteiger partial charge on any atom is 0.128 e. The van der Waals surface area contributed by atoms with Crippen LogP contribution in [0.15, 0.2) is 36.4 Å². The zero-order valence-electron chi connectivity index (χ0n) is 12.7. The Morgan fingerprint density at radius 3 is 2.81 bits per heavy atom. The van der Waals surface area contributed by atoms with Gasteiger partial charge < -0.3 is 10.1 Å². The number of para-hydroxylation sites is 1. The summed E-state index contributed by atoms with van der Waals surface area (Å²) in [5.41, 5.74) is 4.92. The van der Waals surface area contributed by atoms with E-state index in [-0.39, 0.29) is 5.60 Å². The Labute approximate surface area is 140 Å². The van der Waals surface area contributed by atoms with E-state index < -0.39 is 0 Å². The molecular weight excluding hydrogens is 373 g/mol. The van der Waals surface area contributed by atoms with Gasteiger partial charge in [0.05, 0.1) is 0 Å². The molecule has 0 saturated carbocycles. The Kier molecular flexibility index (Phi) is 3.86. The average molecular weight is 393 g/mol. The molecule has 0 aliphatic carbocycles. The molecule has 3 heteroatoms. The van der Waals surface area contributed by atoms with Crippen molar-refractivity contribution in [2.45, 2.75) is 39.3 Å². The number of hydrogen-bond acceptors (Lipinski definition) is 2. The Hall–Kier alpha value is -1.23. The molecule has 1 N–H and O–H groups in total. The van der Waals surface area contributed by atoms with Crippen molar-refractivity contribution in [3.63, 3.8) is 0 Å². The van der Waals surface area contributed by atoms with Gasteiger partial charge in [0, 0.05) is 27.8 Å². The molecule has 0 spiro atoms. The zero-order chi connectivity index (χ0) is 15.0. The fraction of sp³-hybridized carbons (Fsp3) is 0.333. The van der Waals surface area contributed by atoms with E-state index in [0.29, 0.717) is 0 Å². The Bertz CT molecular complexity index is 679. The molecule has 0 unspecified atom stereocenters. The van der Waals surface area contributed by atoms with E-state index in [0.717, 1.165) is 18.7 Å². The van der Waals surface area contributed by atoms with Crippen molar-refractivity contribution in [3.05, 3.63) is 56.7 Å². The minimum atomic E-state index is -0.0861. The summed E-state index contributed by atoms with van der Waals surface area (Å²) in [6.45, 7) is 7.22. The van der Waals surface area contributed by atoms with Crippen LogP contribution < -0.4 is 10.1 Å². The van der Waals surface area contributed by atoms with Crippen LogP contribution >= 0.6 is 22.6 Å². The molecule has 0 saturated heterocycles. The van der Waals surface area contributed by atoms with Crippen molar-refractivity contribution in [2.24, 2.45) is 0 Å². The Morgan fingerprint density at radius 1 is 1.24 bits per heavy atom. The van der Waals surface area contributed by atoms with Crippen molar-refractivity contribution in [1.82, 2.24) is 0 Å². The van der Waals surface area contributed by atoms with Gasteiger partial charge in [0.1, 0.15) is 11.4 Å². The van der Waals surface area contributed by atoms with E-state index in [9.17, 15) is 0 Å². The first-order chi connectivity index (χ1) is 9.94. The molecular formula is C18H20INO. The van der Waals surface area contributed by atoms with Gasteiger partial charge in [-0.1, -0.05) is 18.2 Å². The summed E-state index contributed by atoms with van der Waals surface area (Å²) in [6, 6.07) is 12.9. The first-order valence-corrected chi connectivity index (χ1v) is 8.32. The number of fused-ring (bicyclic) bond motifs is 1. The summed E-state index contributed by atoms with van der Waals surface area (Å²) in [6.07, 6.45) is 0.985. The largest absolute Gasteiger partial charge is 0.487 e. The number of halogens is 1. The average Bonchev–Trinajstić information content (AvgIpc) is 2.72. The van der Waals surface area contributed by atoms with Gasteiger partial charge in [-0.3, -0.25) is 0 Å². The van der Waals surface area contributed by atoms with Crippen molar-refractivity contribution in [2.75, 3.05) is 5.32 Å². The quantitative estimate of drug-likeness (QED) is 0.748. The molecule has 3 rings (SSSR count).